The van der Waals surface area contributed by atoms with Gasteiger partial charge in [0.25, 0.3) is 0 Å². The van der Waals surface area contributed by atoms with Gasteiger partial charge in [-0.2, -0.15) is 5.10 Å². The number of anilines is 2. The minimum atomic E-state index is -0.744. The van der Waals surface area contributed by atoms with Gasteiger partial charge in [-0.3, -0.25) is 14.3 Å². The number of nitrogens with zero attached hydrogens (tertiary/aromatic N) is 3. The molecule has 2 aromatic rings. The maximum absolute atomic E-state index is 13.9. The van der Waals surface area contributed by atoms with Crippen molar-refractivity contribution >= 4 is 23.3 Å². The average molecular weight is 345 g/mol. The molecule has 2 heterocycles. The van der Waals surface area contributed by atoms with Crippen LogP contribution in [-0.2, 0) is 16.6 Å². The summed E-state index contributed by atoms with van der Waals surface area (Å²) < 4.78 is 15.4. The highest BCUT2D eigenvalue weighted by atomic mass is 19.1. The number of halogens is 1. The van der Waals surface area contributed by atoms with Crippen molar-refractivity contribution in [2.24, 2.45) is 7.05 Å². The molecule has 3 rings (SSSR count). The molecule has 2 N–H and O–H groups in total. The van der Waals surface area contributed by atoms with Crippen molar-refractivity contribution < 1.29 is 14.0 Å². The summed E-state index contributed by atoms with van der Waals surface area (Å²) in [5.41, 5.74) is 0.515. The quantitative estimate of drug-likeness (QED) is 0.822. The maximum atomic E-state index is 13.9. The van der Waals surface area contributed by atoms with Gasteiger partial charge in [0.15, 0.2) is 0 Å². The Morgan fingerprint density at radius 3 is 2.76 bits per heavy atom. The minimum Gasteiger partial charge on any atom is -0.367 e. The Morgan fingerprint density at radius 1 is 1.24 bits per heavy atom. The molecule has 7 nitrogen and oxygen atoms in total. The van der Waals surface area contributed by atoms with E-state index in [4.69, 9.17) is 0 Å². The fourth-order valence-electron chi connectivity index (χ4n) is 2.94. The Kier molecular flexibility index (Phi) is 4.97. The summed E-state index contributed by atoms with van der Waals surface area (Å²) in [5.74, 6) is -1.30. The van der Waals surface area contributed by atoms with Crippen LogP contribution in [0.1, 0.15) is 12.8 Å². The molecule has 0 spiro atoms. The van der Waals surface area contributed by atoms with Crippen LogP contribution in [0.5, 0.6) is 0 Å². The SMILES string of the molecule is Cn1nccc1NC(=O)C(=O)N[C@@H]1CCCN(c2ccccc2F)C1. The number of carbonyl (C=O) groups is 2. The molecule has 1 aromatic carbocycles. The Labute approximate surface area is 144 Å². The summed E-state index contributed by atoms with van der Waals surface area (Å²) in [4.78, 5) is 26.0. The lowest BCUT2D eigenvalue weighted by Gasteiger charge is -2.34. The van der Waals surface area contributed by atoms with Crippen molar-refractivity contribution in [1.29, 1.82) is 0 Å². The second kappa shape index (κ2) is 7.33. The summed E-state index contributed by atoms with van der Waals surface area (Å²) in [6.07, 6.45) is 3.08. The number of nitrogens with one attached hydrogen (secondary N) is 2. The molecule has 1 aliphatic rings. The lowest BCUT2D eigenvalue weighted by atomic mass is 10.0. The first-order chi connectivity index (χ1) is 12.0. The molecule has 0 aliphatic carbocycles. The second-order valence-corrected chi connectivity index (χ2v) is 6.00. The van der Waals surface area contributed by atoms with E-state index in [0.29, 0.717) is 24.6 Å². The van der Waals surface area contributed by atoms with E-state index in [1.807, 2.05) is 4.90 Å². The van der Waals surface area contributed by atoms with Crippen molar-refractivity contribution in [2.75, 3.05) is 23.3 Å². The van der Waals surface area contributed by atoms with Crippen molar-refractivity contribution in [3.63, 3.8) is 0 Å². The number of amides is 2. The summed E-state index contributed by atoms with van der Waals surface area (Å²) in [6.45, 7) is 1.18. The van der Waals surface area contributed by atoms with E-state index in [0.717, 1.165) is 12.8 Å². The van der Waals surface area contributed by atoms with Gasteiger partial charge in [0.05, 0.1) is 11.9 Å². The van der Waals surface area contributed by atoms with E-state index in [1.165, 1.54) is 16.9 Å². The number of rotatable bonds is 3. The van der Waals surface area contributed by atoms with Crippen LogP contribution >= 0.6 is 0 Å². The number of hydrogen-bond acceptors (Lipinski definition) is 4. The predicted octanol–water partition coefficient (Wildman–Crippen LogP) is 1.28. The number of para-hydroxylation sites is 1. The molecule has 0 saturated carbocycles. The molecular weight excluding hydrogens is 325 g/mol. The van der Waals surface area contributed by atoms with Gasteiger partial charge in [-0.1, -0.05) is 12.1 Å². The van der Waals surface area contributed by atoms with Gasteiger partial charge < -0.3 is 15.5 Å². The number of hydrogen-bond donors (Lipinski definition) is 2. The van der Waals surface area contributed by atoms with E-state index < -0.39 is 11.8 Å². The topological polar surface area (TPSA) is 79.3 Å². The number of benzene rings is 1. The summed E-state index contributed by atoms with van der Waals surface area (Å²) in [5, 5.41) is 9.16. The Morgan fingerprint density at radius 2 is 2.04 bits per heavy atom. The summed E-state index contributed by atoms with van der Waals surface area (Å²) >= 11 is 0. The van der Waals surface area contributed by atoms with Crippen molar-refractivity contribution in [3.05, 3.63) is 42.3 Å². The van der Waals surface area contributed by atoms with E-state index in [1.54, 1.807) is 31.3 Å². The van der Waals surface area contributed by atoms with Gasteiger partial charge in [-0.25, -0.2) is 4.39 Å². The van der Waals surface area contributed by atoms with Crippen LogP contribution in [0.25, 0.3) is 0 Å². The van der Waals surface area contributed by atoms with Crippen LogP contribution in [0.2, 0.25) is 0 Å². The second-order valence-electron chi connectivity index (χ2n) is 6.00. The zero-order chi connectivity index (χ0) is 17.8. The molecule has 0 radical (unpaired) electrons. The van der Waals surface area contributed by atoms with E-state index in [9.17, 15) is 14.0 Å². The van der Waals surface area contributed by atoms with Crippen molar-refractivity contribution in [3.8, 4) is 0 Å². The van der Waals surface area contributed by atoms with Crippen LogP contribution < -0.4 is 15.5 Å². The standard InChI is InChI=1S/C17H20FN5O2/c1-22-15(8-9-19-22)21-17(25)16(24)20-12-5-4-10-23(11-12)14-7-3-2-6-13(14)18/h2-3,6-9,12H,4-5,10-11H2,1H3,(H,20,24)(H,21,25)/t12-/m1/s1. The van der Waals surface area contributed by atoms with Gasteiger partial charge in [0.1, 0.15) is 11.6 Å². The largest absolute Gasteiger partial charge is 0.367 e. The molecule has 1 atom stereocenters. The van der Waals surface area contributed by atoms with Gasteiger partial charge in [-0.05, 0) is 25.0 Å². The Balaban J connectivity index is 1.59. The average Bonchev–Trinajstić information content (AvgIpc) is 3.00. The lowest BCUT2D eigenvalue weighted by Crippen LogP contribution is -2.50. The van der Waals surface area contributed by atoms with Gasteiger partial charge in [0, 0.05) is 32.2 Å². The number of piperidine rings is 1. The third-order valence-electron chi connectivity index (χ3n) is 4.22. The van der Waals surface area contributed by atoms with E-state index in [2.05, 4.69) is 15.7 Å². The molecule has 1 aliphatic heterocycles. The third-order valence-corrected chi connectivity index (χ3v) is 4.22. The minimum absolute atomic E-state index is 0.210. The molecule has 1 saturated heterocycles. The first-order valence-corrected chi connectivity index (χ1v) is 8.14. The maximum Gasteiger partial charge on any atom is 0.314 e. The van der Waals surface area contributed by atoms with Gasteiger partial charge in [-0.15, -0.1) is 0 Å². The van der Waals surface area contributed by atoms with Crippen LogP contribution in [-0.4, -0.2) is 40.7 Å². The summed E-state index contributed by atoms with van der Waals surface area (Å²) in [6, 6.07) is 7.95. The third kappa shape index (κ3) is 3.96. The van der Waals surface area contributed by atoms with Crippen LogP contribution in [0.15, 0.2) is 36.5 Å². The van der Waals surface area contributed by atoms with Crippen LogP contribution in [0.4, 0.5) is 15.9 Å². The molecule has 0 bridgehead atoms. The first kappa shape index (κ1) is 16.9. The number of carbonyl (C=O) groups excluding carboxylic acids is 2. The monoisotopic (exact) mass is 345 g/mol. The van der Waals surface area contributed by atoms with Crippen molar-refractivity contribution in [2.45, 2.75) is 18.9 Å². The highest BCUT2D eigenvalue weighted by Crippen LogP contribution is 2.22. The molecule has 1 fully saturated rings. The van der Waals surface area contributed by atoms with E-state index >= 15 is 0 Å². The Bertz CT molecular complexity index is 776. The number of aromatic nitrogens is 2. The molecule has 132 valence electrons. The normalized spacial score (nSPS) is 17.2. The highest BCUT2D eigenvalue weighted by molar-refractivity contribution is 6.39. The summed E-state index contributed by atoms with van der Waals surface area (Å²) in [7, 11) is 1.67. The fourth-order valence-corrected chi connectivity index (χ4v) is 2.94. The fraction of sp³-hybridized carbons (Fsp3) is 0.353. The smallest absolute Gasteiger partial charge is 0.314 e. The van der Waals surface area contributed by atoms with E-state index in [-0.39, 0.29) is 11.9 Å². The zero-order valence-corrected chi connectivity index (χ0v) is 13.9. The predicted molar refractivity (Wildman–Crippen MR) is 91.6 cm³/mol. The lowest BCUT2D eigenvalue weighted by molar-refractivity contribution is -0.136. The molecule has 0 unspecified atom stereocenters. The molecule has 8 heteroatoms. The number of aryl methyl sites for hydroxylation is 1. The van der Waals surface area contributed by atoms with Crippen molar-refractivity contribution in [1.82, 2.24) is 15.1 Å². The molecule has 1 aromatic heterocycles. The Hall–Kier alpha value is -2.90. The highest BCUT2D eigenvalue weighted by Gasteiger charge is 2.25. The zero-order valence-electron chi connectivity index (χ0n) is 13.9. The molecule has 25 heavy (non-hydrogen) atoms. The molecular formula is C17H20FN5O2. The van der Waals surface area contributed by atoms with Crippen LogP contribution in [0, 0.1) is 5.82 Å². The first-order valence-electron chi connectivity index (χ1n) is 8.14. The van der Waals surface area contributed by atoms with Crippen LogP contribution in [0.3, 0.4) is 0 Å². The van der Waals surface area contributed by atoms with Gasteiger partial charge >= 0.3 is 11.8 Å². The molecule has 2 amide bonds. The van der Waals surface area contributed by atoms with Gasteiger partial charge in [0.2, 0.25) is 0 Å².